The Morgan fingerprint density at radius 2 is 1.91 bits per heavy atom. The summed E-state index contributed by atoms with van der Waals surface area (Å²) in [6.45, 7) is 6.77. The molecule has 1 saturated heterocycles. The molecule has 0 atom stereocenters. The van der Waals surface area contributed by atoms with Gasteiger partial charge in [-0.25, -0.2) is 14.2 Å². The summed E-state index contributed by atoms with van der Waals surface area (Å²) in [6, 6.07) is 0.0241. The summed E-state index contributed by atoms with van der Waals surface area (Å²) in [5.74, 6) is 0. The van der Waals surface area contributed by atoms with Crippen LogP contribution in [0, 0.1) is 0 Å². The molecule has 1 fully saturated rings. The van der Waals surface area contributed by atoms with E-state index in [0.717, 1.165) is 12.8 Å². The van der Waals surface area contributed by atoms with Gasteiger partial charge in [0, 0.05) is 19.1 Å². The summed E-state index contributed by atoms with van der Waals surface area (Å²) in [4.78, 5) is 25.8. The van der Waals surface area contributed by atoms with Crippen LogP contribution in [0.4, 0.5) is 9.59 Å². The average Bonchev–Trinajstić information content (AvgIpc) is 2.83. The summed E-state index contributed by atoms with van der Waals surface area (Å²) < 4.78 is 8.65. The minimum Gasteiger partial charge on any atom is -0.444 e. The molecular formula is C15H25N4O3+. The molecule has 7 nitrogen and oxygen atoms in total. The van der Waals surface area contributed by atoms with Gasteiger partial charge in [0.05, 0.1) is 7.05 Å². The van der Waals surface area contributed by atoms with Crippen molar-refractivity contribution in [2.75, 3.05) is 13.1 Å². The molecule has 1 aliphatic rings. The molecule has 2 rings (SSSR count). The molecule has 1 N–H and O–H groups in total. The maximum Gasteiger partial charge on any atom is 0.415 e. The molecule has 0 bridgehead atoms. The van der Waals surface area contributed by atoms with Crippen molar-refractivity contribution in [1.82, 2.24) is 14.8 Å². The van der Waals surface area contributed by atoms with Crippen molar-refractivity contribution in [3.63, 3.8) is 0 Å². The number of nitrogens with one attached hydrogen (secondary N) is 1. The van der Waals surface area contributed by atoms with Crippen molar-refractivity contribution in [2.45, 2.75) is 45.3 Å². The van der Waals surface area contributed by atoms with E-state index in [-0.39, 0.29) is 12.1 Å². The molecule has 22 heavy (non-hydrogen) atoms. The summed E-state index contributed by atoms with van der Waals surface area (Å²) >= 11 is 0. The lowest BCUT2D eigenvalue weighted by Gasteiger charge is -2.31. The van der Waals surface area contributed by atoms with Gasteiger partial charge in [-0.1, -0.05) is 0 Å². The van der Waals surface area contributed by atoms with Crippen LogP contribution in [-0.2, 0) is 11.8 Å². The zero-order valence-corrected chi connectivity index (χ0v) is 13.7. The molecule has 0 saturated carbocycles. The standard InChI is InChI=1S/C15H24N4O3/c1-15(2,3)22-13(20)16-12-5-7-18(8-6-12)14(21)19-10-9-17(4)11-19/h9-12H,5-8H2,1-4H3/p+1. The lowest BCUT2D eigenvalue weighted by molar-refractivity contribution is -0.670. The highest BCUT2D eigenvalue weighted by atomic mass is 16.6. The van der Waals surface area contributed by atoms with Crippen molar-refractivity contribution in [3.05, 3.63) is 18.7 Å². The first-order chi connectivity index (χ1) is 10.2. The third kappa shape index (κ3) is 4.47. The minimum absolute atomic E-state index is 0.0312. The average molecular weight is 309 g/mol. The maximum absolute atomic E-state index is 12.3. The second kappa shape index (κ2) is 6.37. The van der Waals surface area contributed by atoms with Crippen LogP contribution < -0.4 is 9.88 Å². The highest BCUT2D eigenvalue weighted by Crippen LogP contribution is 2.13. The van der Waals surface area contributed by atoms with Gasteiger partial charge in [0.25, 0.3) is 6.33 Å². The van der Waals surface area contributed by atoms with E-state index in [9.17, 15) is 9.59 Å². The number of aromatic nitrogens is 2. The number of nitrogens with zero attached hydrogens (tertiary/aromatic N) is 3. The van der Waals surface area contributed by atoms with E-state index in [0.29, 0.717) is 13.1 Å². The molecular weight excluding hydrogens is 284 g/mol. The second-order valence-corrected chi connectivity index (χ2v) is 6.68. The minimum atomic E-state index is -0.495. The van der Waals surface area contributed by atoms with E-state index >= 15 is 0 Å². The summed E-state index contributed by atoms with van der Waals surface area (Å²) in [7, 11) is 1.88. The van der Waals surface area contributed by atoms with Crippen LogP contribution in [0.2, 0.25) is 0 Å². The first-order valence-corrected chi connectivity index (χ1v) is 7.56. The van der Waals surface area contributed by atoms with Crippen molar-refractivity contribution in [1.29, 1.82) is 0 Å². The lowest BCUT2D eigenvalue weighted by atomic mass is 10.1. The van der Waals surface area contributed by atoms with Crippen LogP contribution in [0.5, 0.6) is 0 Å². The quantitative estimate of drug-likeness (QED) is 0.794. The Hall–Kier alpha value is -2.05. The normalized spacial score (nSPS) is 16.5. The molecule has 0 aromatic carbocycles. The van der Waals surface area contributed by atoms with Gasteiger partial charge in [-0.15, -0.1) is 0 Å². The third-order valence-corrected chi connectivity index (χ3v) is 3.48. The van der Waals surface area contributed by atoms with Crippen LogP contribution in [-0.4, -0.2) is 46.3 Å². The van der Waals surface area contributed by atoms with Crippen LogP contribution in [0.25, 0.3) is 0 Å². The number of aryl methyl sites for hydroxylation is 1. The number of alkyl carbamates (subject to hydrolysis) is 1. The molecule has 2 heterocycles. The van der Waals surface area contributed by atoms with Gasteiger partial charge in [0.15, 0.2) is 0 Å². The Bertz CT molecular complexity index is 539. The summed E-state index contributed by atoms with van der Waals surface area (Å²) in [5.41, 5.74) is -0.495. The van der Waals surface area contributed by atoms with Crippen LogP contribution in [0.1, 0.15) is 33.6 Å². The van der Waals surface area contributed by atoms with Gasteiger partial charge < -0.3 is 15.0 Å². The fraction of sp³-hybridized carbons (Fsp3) is 0.667. The predicted molar refractivity (Wildman–Crippen MR) is 80.4 cm³/mol. The highest BCUT2D eigenvalue weighted by molar-refractivity contribution is 5.76. The SMILES string of the molecule is C[n+]1ccn(C(=O)N2CCC(NC(=O)OC(C)(C)C)CC2)c1. The third-order valence-electron chi connectivity index (χ3n) is 3.48. The molecule has 0 unspecified atom stereocenters. The van der Waals surface area contributed by atoms with Crippen LogP contribution in [0.3, 0.4) is 0 Å². The molecule has 0 aliphatic carbocycles. The fourth-order valence-electron chi connectivity index (χ4n) is 2.42. The molecule has 7 heteroatoms. The van der Waals surface area contributed by atoms with Crippen molar-refractivity contribution >= 4 is 12.1 Å². The Labute approximate surface area is 130 Å². The van der Waals surface area contributed by atoms with Gasteiger partial charge in [-0.3, -0.25) is 0 Å². The fourth-order valence-corrected chi connectivity index (χ4v) is 2.42. The van der Waals surface area contributed by atoms with Gasteiger partial charge >= 0.3 is 12.1 Å². The predicted octanol–water partition coefficient (Wildman–Crippen LogP) is 1.27. The van der Waals surface area contributed by atoms with E-state index < -0.39 is 11.7 Å². The molecule has 0 radical (unpaired) electrons. The zero-order valence-electron chi connectivity index (χ0n) is 13.7. The number of piperidine rings is 1. The lowest BCUT2D eigenvalue weighted by Crippen LogP contribution is -2.48. The summed E-state index contributed by atoms with van der Waals surface area (Å²) in [5, 5.41) is 2.87. The van der Waals surface area contributed by atoms with Crippen molar-refractivity contribution in [3.8, 4) is 0 Å². The maximum atomic E-state index is 12.3. The largest absolute Gasteiger partial charge is 0.444 e. The number of imidazole rings is 1. The van der Waals surface area contributed by atoms with Crippen molar-refractivity contribution in [2.24, 2.45) is 7.05 Å². The number of rotatable bonds is 1. The summed E-state index contributed by atoms with van der Waals surface area (Å²) in [6.07, 6.45) is 6.39. The number of likely N-dealkylation sites (tertiary alicyclic amines) is 1. The number of carbonyl (C=O) groups is 2. The van der Waals surface area contributed by atoms with Crippen molar-refractivity contribution < 1.29 is 18.9 Å². The van der Waals surface area contributed by atoms with Crippen LogP contribution in [0.15, 0.2) is 18.7 Å². The monoisotopic (exact) mass is 309 g/mol. The molecule has 1 aromatic heterocycles. The Morgan fingerprint density at radius 1 is 1.27 bits per heavy atom. The Kier molecular flexibility index (Phi) is 4.73. The molecule has 1 aromatic rings. The molecule has 0 spiro atoms. The van der Waals surface area contributed by atoms with Crippen LogP contribution >= 0.6 is 0 Å². The molecule has 1 aliphatic heterocycles. The second-order valence-electron chi connectivity index (χ2n) is 6.68. The molecule has 122 valence electrons. The first kappa shape index (κ1) is 16.3. The zero-order chi connectivity index (χ0) is 16.3. The van der Waals surface area contributed by atoms with Gasteiger partial charge in [-0.2, -0.15) is 4.57 Å². The number of hydrogen-bond acceptors (Lipinski definition) is 3. The van der Waals surface area contributed by atoms with E-state index in [1.807, 2.05) is 38.6 Å². The Morgan fingerprint density at radius 3 is 2.41 bits per heavy atom. The number of amides is 2. The highest BCUT2D eigenvalue weighted by Gasteiger charge is 2.28. The Balaban J connectivity index is 1.80. The van der Waals surface area contributed by atoms with E-state index in [2.05, 4.69) is 5.32 Å². The topological polar surface area (TPSA) is 67.5 Å². The number of hydrogen-bond donors (Lipinski definition) is 1. The number of ether oxygens (including phenoxy) is 1. The molecule has 2 amide bonds. The smallest absolute Gasteiger partial charge is 0.415 e. The van der Waals surface area contributed by atoms with Gasteiger partial charge in [-0.05, 0) is 33.6 Å². The van der Waals surface area contributed by atoms with E-state index in [1.165, 1.54) is 0 Å². The number of carbonyl (C=O) groups excluding carboxylic acids is 2. The van der Waals surface area contributed by atoms with E-state index in [1.54, 1.807) is 22.0 Å². The van der Waals surface area contributed by atoms with E-state index in [4.69, 9.17) is 4.74 Å². The van der Waals surface area contributed by atoms with Gasteiger partial charge in [0.2, 0.25) is 0 Å². The van der Waals surface area contributed by atoms with Gasteiger partial charge in [0.1, 0.15) is 18.0 Å². The first-order valence-electron chi connectivity index (χ1n) is 7.56.